The first-order chi connectivity index (χ1) is 12.5. The molecule has 1 amide bonds. The Hall–Kier alpha value is -3.19. The number of benzene rings is 1. The predicted molar refractivity (Wildman–Crippen MR) is 96.3 cm³/mol. The maximum Gasteiger partial charge on any atom is 0.288 e. The number of nitro groups is 1. The molecule has 0 aliphatic rings. The van der Waals surface area contributed by atoms with Crippen molar-refractivity contribution in [3.63, 3.8) is 0 Å². The molecule has 0 aliphatic carbocycles. The van der Waals surface area contributed by atoms with Gasteiger partial charge in [0.25, 0.3) is 11.6 Å². The maximum atomic E-state index is 13.1. The van der Waals surface area contributed by atoms with Gasteiger partial charge in [0.1, 0.15) is 16.6 Å². The van der Waals surface area contributed by atoms with Gasteiger partial charge in [0, 0.05) is 17.8 Å². The van der Waals surface area contributed by atoms with Gasteiger partial charge in [-0.3, -0.25) is 19.8 Å². The molecule has 0 fully saturated rings. The fourth-order valence-electron chi connectivity index (χ4n) is 2.56. The highest BCUT2D eigenvalue weighted by atomic mass is 35.5. The number of carbonyl (C=O) groups is 1. The van der Waals surface area contributed by atoms with Crippen molar-refractivity contribution in [1.82, 2.24) is 4.98 Å². The van der Waals surface area contributed by atoms with Crippen molar-refractivity contribution < 1.29 is 14.1 Å². The second-order valence-electron chi connectivity index (χ2n) is 5.48. The van der Waals surface area contributed by atoms with Gasteiger partial charge in [0.2, 0.25) is 0 Å². The summed E-state index contributed by atoms with van der Waals surface area (Å²) in [4.78, 5) is 29.3. The number of hydrogen-bond acceptors (Lipinski definition) is 5. The average molecular weight is 372 g/mol. The van der Waals surface area contributed by atoms with E-state index in [1.165, 1.54) is 23.3 Å². The van der Waals surface area contributed by atoms with E-state index in [0.717, 1.165) is 6.07 Å². The van der Waals surface area contributed by atoms with E-state index >= 15 is 0 Å². The van der Waals surface area contributed by atoms with Crippen molar-refractivity contribution in [2.24, 2.45) is 0 Å². The van der Waals surface area contributed by atoms with E-state index in [1.54, 1.807) is 43.5 Å². The zero-order valence-corrected chi connectivity index (χ0v) is 14.5. The molecule has 132 valence electrons. The third-order valence-corrected chi connectivity index (χ3v) is 4.17. The molecule has 0 bridgehead atoms. The molecule has 0 saturated heterocycles. The predicted octanol–water partition coefficient (Wildman–Crippen LogP) is 4.64. The third-order valence-electron chi connectivity index (χ3n) is 3.85. The highest BCUT2D eigenvalue weighted by Gasteiger charge is 2.28. The van der Waals surface area contributed by atoms with Gasteiger partial charge in [0.05, 0.1) is 17.2 Å². The minimum Gasteiger partial charge on any atom is -0.467 e. The van der Waals surface area contributed by atoms with Crippen LogP contribution >= 0.6 is 11.6 Å². The van der Waals surface area contributed by atoms with Crippen molar-refractivity contribution >= 4 is 29.0 Å². The number of nitro benzene ring substituents is 1. The van der Waals surface area contributed by atoms with Crippen LogP contribution in [0.15, 0.2) is 65.4 Å². The van der Waals surface area contributed by atoms with Gasteiger partial charge in [-0.1, -0.05) is 17.7 Å². The number of amides is 1. The fourth-order valence-corrected chi connectivity index (χ4v) is 2.74. The number of anilines is 1. The molecule has 0 radical (unpaired) electrons. The smallest absolute Gasteiger partial charge is 0.288 e. The van der Waals surface area contributed by atoms with Crippen molar-refractivity contribution in [2.45, 2.75) is 13.0 Å². The van der Waals surface area contributed by atoms with Crippen LogP contribution in [0, 0.1) is 10.1 Å². The van der Waals surface area contributed by atoms with Gasteiger partial charge in [0.15, 0.2) is 0 Å². The van der Waals surface area contributed by atoms with E-state index in [0.29, 0.717) is 11.6 Å². The first-order valence-corrected chi connectivity index (χ1v) is 8.08. The molecule has 26 heavy (non-hydrogen) atoms. The number of aromatic nitrogens is 1. The second-order valence-corrected chi connectivity index (χ2v) is 5.88. The normalized spacial score (nSPS) is 11.8. The number of furan rings is 1. The maximum absolute atomic E-state index is 13.1. The molecule has 0 unspecified atom stereocenters. The zero-order chi connectivity index (χ0) is 18.7. The Morgan fingerprint density at radius 1 is 1.27 bits per heavy atom. The number of nitrogens with zero attached hydrogens (tertiary/aromatic N) is 3. The highest BCUT2D eigenvalue weighted by Crippen LogP contribution is 2.30. The van der Waals surface area contributed by atoms with Crippen LogP contribution in [0.5, 0.6) is 0 Å². The lowest BCUT2D eigenvalue weighted by Crippen LogP contribution is -2.34. The molecule has 2 heterocycles. The highest BCUT2D eigenvalue weighted by molar-refractivity contribution is 6.32. The van der Waals surface area contributed by atoms with Crippen LogP contribution < -0.4 is 4.90 Å². The minimum absolute atomic E-state index is 0.0324. The van der Waals surface area contributed by atoms with E-state index in [1.807, 2.05) is 0 Å². The largest absolute Gasteiger partial charge is 0.467 e. The van der Waals surface area contributed by atoms with Crippen molar-refractivity contribution in [3.8, 4) is 0 Å². The summed E-state index contributed by atoms with van der Waals surface area (Å²) < 4.78 is 5.41. The summed E-state index contributed by atoms with van der Waals surface area (Å²) in [6, 6.07) is 12.1. The summed E-state index contributed by atoms with van der Waals surface area (Å²) in [5.41, 5.74) is -0.200. The molecule has 3 aromatic rings. The second kappa shape index (κ2) is 7.37. The van der Waals surface area contributed by atoms with Gasteiger partial charge in [-0.25, -0.2) is 4.98 Å². The topological polar surface area (TPSA) is 89.5 Å². The molecule has 8 heteroatoms. The molecule has 0 aliphatic heterocycles. The summed E-state index contributed by atoms with van der Waals surface area (Å²) in [5.74, 6) is 0.513. The van der Waals surface area contributed by atoms with Crippen LogP contribution in [0.25, 0.3) is 0 Å². The quantitative estimate of drug-likeness (QED) is 0.481. The average Bonchev–Trinajstić information content (AvgIpc) is 3.17. The van der Waals surface area contributed by atoms with Gasteiger partial charge in [-0.05, 0) is 43.3 Å². The summed E-state index contributed by atoms with van der Waals surface area (Å²) in [7, 11) is 0. The first kappa shape index (κ1) is 17.6. The molecule has 1 aromatic carbocycles. The number of pyridine rings is 1. The first-order valence-electron chi connectivity index (χ1n) is 7.71. The molecular formula is C18H14ClN3O4. The summed E-state index contributed by atoms with van der Waals surface area (Å²) in [5, 5.41) is 11.1. The van der Waals surface area contributed by atoms with Crippen molar-refractivity contribution in [3.05, 3.63) is 87.5 Å². The molecule has 0 saturated carbocycles. The Bertz CT molecular complexity index is 929. The lowest BCUT2D eigenvalue weighted by atomic mass is 10.1. The monoisotopic (exact) mass is 371 g/mol. The Morgan fingerprint density at radius 3 is 2.69 bits per heavy atom. The van der Waals surface area contributed by atoms with E-state index in [9.17, 15) is 14.9 Å². The van der Waals surface area contributed by atoms with Crippen LogP contribution in [0.1, 0.15) is 29.1 Å². The summed E-state index contributed by atoms with van der Waals surface area (Å²) >= 11 is 5.84. The van der Waals surface area contributed by atoms with E-state index in [2.05, 4.69) is 4.98 Å². The number of hydrogen-bond donors (Lipinski definition) is 0. The Labute approximate surface area is 154 Å². The molecule has 0 spiro atoms. The number of rotatable bonds is 5. The summed E-state index contributed by atoms with van der Waals surface area (Å²) in [6.45, 7) is 1.79. The van der Waals surface area contributed by atoms with Gasteiger partial charge >= 0.3 is 0 Å². The van der Waals surface area contributed by atoms with Crippen molar-refractivity contribution in [1.29, 1.82) is 0 Å². The number of carbonyl (C=O) groups excluding carboxylic acids is 1. The Balaban J connectivity index is 2.06. The SMILES string of the molecule is C[C@@H](c1ccco1)N(C(=O)c1ccc(Cl)c([N+](=O)[O-])c1)c1ccccn1. The van der Waals surface area contributed by atoms with Crippen LogP contribution in [0.3, 0.4) is 0 Å². The molecular weight excluding hydrogens is 358 g/mol. The third kappa shape index (κ3) is 3.43. The van der Waals surface area contributed by atoms with Gasteiger partial charge in [-0.15, -0.1) is 0 Å². The lowest BCUT2D eigenvalue weighted by molar-refractivity contribution is -0.384. The summed E-state index contributed by atoms with van der Waals surface area (Å²) in [6.07, 6.45) is 3.08. The van der Waals surface area contributed by atoms with Crippen LogP contribution in [-0.4, -0.2) is 15.8 Å². The molecule has 0 N–H and O–H groups in total. The van der Waals surface area contributed by atoms with Crippen LogP contribution in [0.4, 0.5) is 11.5 Å². The fraction of sp³-hybridized carbons (Fsp3) is 0.111. The van der Waals surface area contributed by atoms with Crippen molar-refractivity contribution in [2.75, 3.05) is 4.90 Å². The molecule has 1 atom stereocenters. The zero-order valence-electron chi connectivity index (χ0n) is 13.7. The van der Waals surface area contributed by atoms with E-state index in [-0.39, 0.29) is 16.3 Å². The molecule has 3 rings (SSSR count). The molecule has 7 nitrogen and oxygen atoms in total. The van der Waals surface area contributed by atoms with E-state index < -0.39 is 16.9 Å². The molecule has 2 aromatic heterocycles. The Kier molecular flexibility index (Phi) is 4.99. The van der Waals surface area contributed by atoms with Gasteiger partial charge < -0.3 is 4.42 Å². The minimum atomic E-state index is -0.625. The van der Waals surface area contributed by atoms with Gasteiger partial charge in [-0.2, -0.15) is 0 Å². The Morgan fingerprint density at radius 2 is 2.08 bits per heavy atom. The van der Waals surface area contributed by atoms with E-state index in [4.69, 9.17) is 16.0 Å². The van der Waals surface area contributed by atoms with Crippen LogP contribution in [-0.2, 0) is 0 Å². The number of halogens is 1. The standard InChI is InChI=1S/C18H14ClN3O4/c1-12(16-5-4-10-26-16)21(17-6-2-3-9-20-17)18(23)13-7-8-14(19)15(11-13)22(24)25/h2-12H,1H3/t12-/m0/s1. The lowest BCUT2D eigenvalue weighted by Gasteiger charge is -2.27. The van der Waals surface area contributed by atoms with Crippen LogP contribution in [0.2, 0.25) is 5.02 Å².